The van der Waals surface area contributed by atoms with Crippen LogP contribution in [0.5, 0.6) is 5.75 Å². The number of nitrogens with zero attached hydrogens (tertiary/aromatic N) is 5. The van der Waals surface area contributed by atoms with Gasteiger partial charge in [0.05, 0.1) is 26.1 Å². The zero-order valence-electron chi connectivity index (χ0n) is 20.0. The molecule has 2 heterocycles. The zero-order chi connectivity index (χ0) is 25.2. The molecule has 9 nitrogen and oxygen atoms in total. The minimum absolute atomic E-state index is 0.0889. The Morgan fingerprint density at radius 3 is 2.60 bits per heavy atom. The highest BCUT2D eigenvalue weighted by atomic mass is 32.1. The van der Waals surface area contributed by atoms with Crippen molar-refractivity contribution in [3.8, 4) is 11.8 Å². The number of anilines is 1. The Kier molecular flexibility index (Phi) is 9.15. The smallest absolute Gasteiger partial charge is 0.322 e. The van der Waals surface area contributed by atoms with Crippen LogP contribution >= 0.6 is 11.3 Å². The number of hydrogen-bond acceptors (Lipinski definition) is 7. The third kappa shape index (κ3) is 7.25. The predicted octanol–water partition coefficient (Wildman–Crippen LogP) is 4.55. The fourth-order valence-electron chi connectivity index (χ4n) is 3.30. The monoisotopic (exact) mass is 492 g/mol. The summed E-state index contributed by atoms with van der Waals surface area (Å²) in [5, 5.41) is 14.2. The number of ether oxygens (including phenoxy) is 1. The van der Waals surface area contributed by atoms with Gasteiger partial charge in [0, 0.05) is 42.6 Å². The molecule has 1 N–H and O–H groups in total. The van der Waals surface area contributed by atoms with Crippen molar-refractivity contribution < 1.29 is 14.3 Å². The van der Waals surface area contributed by atoms with Gasteiger partial charge in [-0.25, -0.2) is 9.78 Å². The number of aromatic nitrogens is 2. The van der Waals surface area contributed by atoms with Gasteiger partial charge in [0.25, 0.3) is 5.91 Å². The number of nitriles is 1. The molecule has 3 rings (SSSR count). The molecule has 0 saturated carbocycles. The van der Waals surface area contributed by atoms with E-state index in [2.05, 4.69) is 21.4 Å². The molecule has 0 aliphatic carbocycles. The van der Waals surface area contributed by atoms with Gasteiger partial charge in [-0.2, -0.15) is 5.26 Å². The van der Waals surface area contributed by atoms with E-state index >= 15 is 0 Å². The van der Waals surface area contributed by atoms with Crippen LogP contribution in [0.1, 0.15) is 41.3 Å². The minimum atomic E-state index is -0.263. The number of rotatable bonds is 10. The van der Waals surface area contributed by atoms with E-state index in [1.54, 1.807) is 65.0 Å². The van der Waals surface area contributed by atoms with Gasteiger partial charge in [-0.15, -0.1) is 11.3 Å². The summed E-state index contributed by atoms with van der Waals surface area (Å²) in [4.78, 5) is 37.9. The van der Waals surface area contributed by atoms with E-state index in [1.165, 1.54) is 11.3 Å². The standard InChI is InChI=1S/C25H28N6O3S/c1-18(2)31(25(33)28-20-7-9-21(34-3)10-8-20)16-23-29-22(17-35-23)24(32)30(13-5-11-26)15-19-6-4-12-27-14-19/h4,6-10,12,14,17-18H,5,13,15-16H2,1-3H3,(H,28,33). The summed E-state index contributed by atoms with van der Waals surface area (Å²) in [7, 11) is 1.59. The van der Waals surface area contributed by atoms with E-state index < -0.39 is 0 Å². The van der Waals surface area contributed by atoms with Gasteiger partial charge in [-0.05, 0) is 49.7 Å². The van der Waals surface area contributed by atoms with Crippen LogP contribution in [0.15, 0.2) is 54.2 Å². The third-order valence-electron chi connectivity index (χ3n) is 5.18. The molecule has 182 valence electrons. The lowest BCUT2D eigenvalue weighted by Crippen LogP contribution is -2.39. The summed E-state index contributed by atoms with van der Waals surface area (Å²) in [6, 6.07) is 12.5. The van der Waals surface area contributed by atoms with Gasteiger partial charge < -0.3 is 19.9 Å². The Labute approximate surface area is 209 Å². The lowest BCUT2D eigenvalue weighted by molar-refractivity contribution is 0.0741. The Balaban J connectivity index is 1.69. The summed E-state index contributed by atoms with van der Waals surface area (Å²) >= 11 is 1.33. The summed E-state index contributed by atoms with van der Waals surface area (Å²) < 4.78 is 5.15. The summed E-state index contributed by atoms with van der Waals surface area (Å²) in [6.07, 6.45) is 3.58. The first kappa shape index (κ1) is 25.6. The summed E-state index contributed by atoms with van der Waals surface area (Å²) in [6.45, 7) is 4.73. The fraction of sp³-hybridized carbons (Fsp3) is 0.320. The highest BCUT2D eigenvalue weighted by Gasteiger charge is 2.22. The number of nitrogens with one attached hydrogen (secondary N) is 1. The normalized spacial score (nSPS) is 10.5. The zero-order valence-corrected chi connectivity index (χ0v) is 20.8. The van der Waals surface area contributed by atoms with Crippen LogP contribution in [0.4, 0.5) is 10.5 Å². The molecule has 3 aromatic rings. The van der Waals surface area contributed by atoms with Gasteiger partial charge in [-0.1, -0.05) is 6.07 Å². The fourth-order valence-corrected chi connectivity index (χ4v) is 4.06. The quantitative estimate of drug-likeness (QED) is 0.445. The number of amides is 3. The minimum Gasteiger partial charge on any atom is -0.497 e. The van der Waals surface area contributed by atoms with E-state index in [0.717, 1.165) is 5.56 Å². The van der Waals surface area contributed by atoms with Crippen molar-refractivity contribution in [1.29, 1.82) is 5.26 Å². The van der Waals surface area contributed by atoms with E-state index in [9.17, 15) is 9.59 Å². The molecule has 2 aromatic heterocycles. The largest absolute Gasteiger partial charge is 0.497 e. The highest BCUT2D eigenvalue weighted by molar-refractivity contribution is 7.09. The van der Waals surface area contributed by atoms with E-state index in [-0.39, 0.29) is 30.9 Å². The Morgan fingerprint density at radius 2 is 1.97 bits per heavy atom. The molecule has 0 spiro atoms. The topological polar surface area (TPSA) is 111 Å². The second kappa shape index (κ2) is 12.5. The van der Waals surface area contributed by atoms with Crippen LogP contribution in [0.25, 0.3) is 0 Å². The Morgan fingerprint density at radius 1 is 1.20 bits per heavy atom. The first-order valence-corrected chi connectivity index (χ1v) is 12.0. The van der Waals surface area contributed by atoms with Crippen molar-refractivity contribution in [2.45, 2.75) is 39.4 Å². The maximum absolute atomic E-state index is 13.2. The molecular formula is C25H28N6O3S. The Bertz CT molecular complexity index is 1160. The molecule has 1 aromatic carbocycles. The number of benzene rings is 1. The van der Waals surface area contributed by atoms with Gasteiger partial charge in [0.1, 0.15) is 16.5 Å². The molecule has 0 aliphatic heterocycles. The van der Waals surface area contributed by atoms with Crippen molar-refractivity contribution in [3.63, 3.8) is 0 Å². The van der Waals surface area contributed by atoms with Crippen molar-refractivity contribution in [2.75, 3.05) is 19.0 Å². The molecule has 0 saturated heterocycles. The Hall–Kier alpha value is -3.97. The molecule has 0 unspecified atom stereocenters. The first-order chi connectivity index (χ1) is 16.9. The summed E-state index contributed by atoms with van der Waals surface area (Å²) in [5.74, 6) is 0.446. The molecule has 0 atom stereocenters. The number of thiazole rings is 1. The van der Waals surface area contributed by atoms with Crippen LogP contribution in [0.2, 0.25) is 0 Å². The summed E-state index contributed by atoms with van der Waals surface area (Å²) in [5.41, 5.74) is 1.82. The van der Waals surface area contributed by atoms with Crippen LogP contribution in [-0.2, 0) is 13.1 Å². The highest BCUT2D eigenvalue weighted by Crippen LogP contribution is 2.19. The van der Waals surface area contributed by atoms with Gasteiger partial charge >= 0.3 is 6.03 Å². The molecule has 0 radical (unpaired) electrons. The van der Waals surface area contributed by atoms with Crippen molar-refractivity contribution in [3.05, 3.63) is 70.4 Å². The number of pyridine rings is 1. The SMILES string of the molecule is COc1ccc(NC(=O)N(Cc2nc(C(=O)N(CCC#N)Cc3cccnc3)cs2)C(C)C)cc1. The maximum Gasteiger partial charge on any atom is 0.322 e. The maximum atomic E-state index is 13.2. The molecule has 3 amide bonds. The third-order valence-corrected chi connectivity index (χ3v) is 6.01. The first-order valence-electron chi connectivity index (χ1n) is 11.1. The van der Waals surface area contributed by atoms with Crippen molar-refractivity contribution in [1.82, 2.24) is 19.8 Å². The van der Waals surface area contributed by atoms with Crippen LogP contribution in [0.3, 0.4) is 0 Å². The number of urea groups is 1. The van der Waals surface area contributed by atoms with Crippen LogP contribution in [0, 0.1) is 11.3 Å². The van der Waals surface area contributed by atoms with Crippen molar-refractivity contribution in [2.24, 2.45) is 0 Å². The van der Waals surface area contributed by atoms with Gasteiger partial charge in [0.15, 0.2) is 0 Å². The van der Waals surface area contributed by atoms with Crippen LogP contribution in [-0.4, -0.2) is 51.4 Å². The van der Waals surface area contributed by atoms with E-state index in [0.29, 0.717) is 35.2 Å². The second-order valence-electron chi connectivity index (χ2n) is 8.00. The number of carbonyl (C=O) groups excluding carboxylic acids is 2. The molecule has 10 heteroatoms. The molecule has 35 heavy (non-hydrogen) atoms. The van der Waals surface area contributed by atoms with E-state index in [1.807, 2.05) is 19.9 Å². The van der Waals surface area contributed by atoms with Crippen molar-refractivity contribution >= 4 is 29.0 Å². The number of hydrogen-bond donors (Lipinski definition) is 1. The van der Waals surface area contributed by atoms with Gasteiger partial charge in [0.2, 0.25) is 0 Å². The number of carbonyl (C=O) groups is 2. The average molecular weight is 493 g/mol. The lowest BCUT2D eigenvalue weighted by Gasteiger charge is -2.26. The second-order valence-corrected chi connectivity index (χ2v) is 8.95. The lowest BCUT2D eigenvalue weighted by atomic mass is 10.2. The molecule has 0 bridgehead atoms. The predicted molar refractivity (Wildman–Crippen MR) is 134 cm³/mol. The molecular weight excluding hydrogens is 464 g/mol. The van der Waals surface area contributed by atoms with Gasteiger partial charge in [-0.3, -0.25) is 9.78 Å². The molecule has 0 fully saturated rings. The number of methoxy groups -OCH3 is 1. The average Bonchev–Trinajstić information content (AvgIpc) is 3.34. The van der Waals surface area contributed by atoms with Crippen LogP contribution < -0.4 is 10.1 Å². The van der Waals surface area contributed by atoms with E-state index in [4.69, 9.17) is 10.00 Å². The molecule has 0 aliphatic rings.